The van der Waals surface area contributed by atoms with Crippen molar-refractivity contribution in [1.29, 1.82) is 0 Å². The van der Waals surface area contributed by atoms with Gasteiger partial charge in [0.15, 0.2) is 0 Å². The lowest BCUT2D eigenvalue weighted by Crippen LogP contribution is -2.02. The Morgan fingerprint density at radius 2 is 2.00 bits per heavy atom. The highest BCUT2D eigenvalue weighted by atomic mass is 15.1. The van der Waals surface area contributed by atoms with E-state index in [9.17, 15) is 0 Å². The summed E-state index contributed by atoms with van der Waals surface area (Å²) in [5.74, 6) is 0. The van der Waals surface area contributed by atoms with Gasteiger partial charge in [-0.05, 0) is 26.0 Å². The maximum absolute atomic E-state index is 4.44. The lowest BCUT2D eigenvalue weighted by molar-refractivity contribution is 1.02. The van der Waals surface area contributed by atoms with Crippen molar-refractivity contribution in [3.63, 3.8) is 0 Å². The summed E-state index contributed by atoms with van der Waals surface area (Å²) >= 11 is 0. The van der Waals surface area contributed by atoms with Gasteiger partial charge in [-0.2, -0.15) is 5.10 Å². The normalized spacial score (nSPS) is 10.8. The molecule has 2 aromatic heterocycles. The molecule has 3 aromatic rings. The second-order valence-electron chi connectivity index (χ2n) is 4.65. The number of aromatic amines is 1. The molecular weight excluding hydrogens is 236 g/mol. The molecule has 3 rings (SSSR count). The minimum atomic E-state index is 0.754. The van der Waals surface area contributed by atoms with E-state index in [1.165, 1.54) is 5.56 Å². The number of nitrogens with one attached hydrogen (secondary N) is 2. The highest BCUT2D eigenvalue weighted by Crippen LogP contribution is 2.22. The Balaban J connectivity index is 1.90. The fourth-order valence-corrected chi connectivity index (χ4v) is 2.26. The number of anilines is 1. The zero-order valence-electron chi connectivity index (χ0n) is 11.1. The Kier molecular flexibility index (Phi) is 2.91. The van der Waals surface area contributed by atoms with Gasteiger partial charge in [0.1, 0.15) is 0 Å². The quantitative estimate of drug-likeness (QED) is 0.752. The molecule has 4 heteroatoms. The molecule has 0 amide bonds. The van der Waals surface area contributed by atoms with Gasteiger partial charge >= 0.3 is 0 Å². The van der Waals surface area contributed by atoms with Crippen molar-refractivity contribution in [3.05, 3.63) is 53.5 Å². The van der Waals surface area contributed by atoms with Gasteiger partial charge in [-0.15, -0.1) is 0 Å². The predicted octanol–water partition coefficient (Wildman–Crippen LogP) is 3.19. The van der Waals surface area contributed by atoms with Crippen LogP contribution in [0.5, 0.6) is 0 Å². The molecule has 0 radical (unpaired) electrons. The summed E-state index contributed by atoms with van der Waals surface area (Å²) in [5.41, 5.74) is 5.42. The first kappa shape index (κ1) is 11.7. The summed E-state index contributed by atoms with van der Waals surface area (Å²) in [6, 6.07) is 10.2. The second-order valence-corrected chi connectivity index (χ2v) is 4.65. The molecule has 0 aliphatic rings. The summed E-state index contributed by atoms with van der Waals surface area (Å²) in [6.45, 7) is 4.81. The molecular formula is C15H16N4. The van der Waals surface area contributed by atoms with Crippen LogP contribution in [0.1, 0.15) is 17.0 Å². The van der Waals surface area contributed by atoms with Crippen LogP contribution < -0.4 is 5.32 Å². The van der Waals surface area contributed by atoms with E-state index in [1.807, 2.05) is 32.2 Å². The van der Waals surface area contributed by atoms with Gasteiger partial charge in [0.25, 0.3) is 0 Å². The summed E-state index contributed by atoms with van der Waals surface area (Å²) in [7, 11) is 0. The van der Waals surface area contributed by atoms with Crippen LogP contribution in [0.25, 0.3) is 10.9 Å². The van der Waals surface area contributed by atoms with Crippen molar-refractivity contribution in [2.75, 3.05) is 5.32 Å². The number of rotatable bonds is 3. The van der Waals surface area contributed by atoms with Crippen LogP contribution in [-0.2, 0) is 6.54 Å². The summed E-state index contributed by atoms with van der Waals surface area (Å²) in [4.78, 5) is 4.44. The average Bonchev–Trinajstić information content (AvgIpc) is 2.76. The Bertz CT molecular complexity index is 690. The van der Waals surface area contributed by atoms with E-state index in [0.717, 1.165) is 34.5 Å². The third kappa shape index (κ3) is 2.17. The van der Waals surface area contributed by atoms with Crippen molar-refractivity contribution >= 4 is 16.6 Å². The number of pyridine rings is 1. The zero-order valence-corrected chi connectivity index (χ0v) is 11.1. The Morgan fingerprint density at radius 3 is 2.79 bits per heavy atom. The number of benzene rings is 1. The topological polar surface area (TPSA) is 53.6 Å². The number of hydrogen-bond acceptors (Lipinski definition) is 3. The van der Waals surface area contributed by atoms with E-state index in [4.69, 9.17) is 0 Å². The van der Waals surface area contributed by atoms with Crippen LogP contribution in [0.15, 0.2) is 36.5 Å². The highest BCUT2D eigenvalue weighted by molar-refractivity contribution is 5.90. The van der Waals surface area contributed by atoms with Gasteiger partial charge in [-0.25, -0.2) is 0 Å². The molecule has 0 saturated carbocycles. The molecule has 0 bridgehead atoms. The minimum Gasteiger partial charge on any atom is -0.379 e. The first-order valence-corrected chi connectivity index (χ1v) is 6.34. The number of aromatic nitrogens is 3. The molecule has 0 fully saturated rings. The van der Waals surface area contributed by atoms with Gasteiger partial charge in [-0.1, -0.05) is 18.2 Å². The maximum Gasteiger partial charge on any atom is 0.0933 e. The first-order valence-electron chi connectivity index (χ1n) is 6.34. The van der Waals surface area contributed by atoms with Crippen LogP contribution >= 0.6 is 0 Å². The molecule has 4 nitrogen and oxygen atoms in total. The average molecular weight is 252 g/mol. The zero-order chi connectivity index (χ0) is 13.2. The maximum atomic E-state index is 4.44. The standard InChI is InChI=1S/C15H16N4/c1-10-13(11(2)19-18-10)9-17-14-7-3-5-12-6-4-8-16-15(12)14/h3-8,17H,9H2,1-2H3,(H,18,19). The summed E-state index contributed by atoms with van der Waals surface area (Å²) < 4.78 is 0. The Hall–Kier alpha value is -2.36. The third-order valence-corrected chi connectivity index (χ3v) is 3.37. The number of hydrogen-bond donors (Lipinski definition) is 2. The van der Waals surface area contributed by atoms with Crippen LogP contribution in [0.3, 0.4) is 0 Å². The first-order chi connectivity index (χ1) is 9.25. The minimum absolute atomic E-state index is 0.754. The van der Waals surface area contributed by atoms with Crippen molar-refractivity contribution < 1.29 is 0 Å². The lowest BCUT2D eigenvalue weighted by atomic mass is 10.1. The third-order valence-electron chi connectivity index (χ3n) is 3.37. The van der Waals surface area contributed by atoms with E-state index in [1.54, 1.807) is 0 Å². The number of para-hydroxylation sites is 1. The smallest absolute Gasteiger partial charge is 0.0933 e. The fourth-order valence-electron chi connectivity index (χ4n) is 2.26. The van der Waals surface area contributed by atoms with Gasteiger partial charge in [0, 0.05) is 29.4 Å². The monoisotopic (exact) mass is 252 g/mol. The van der Waals surface area contributed by atoms with Gasteiger partial charge in [-0.3, -0.25) is 10.1 Å². The van der Waals surface area contributed by atoms with Crippen LogP contribution in [0, 0.1) is 13.8 Å². The second kappa shape index (κ2) is 4.72. The van der Waals surface area contributed by atoms with Crippen molar-refractivity contribution in [2.24, 2.45) is 0 Å². The largest absolute Gasteiger partial charge is 0.379 e. The summed E-state index contributed by atoms with van der Waals surface area (Å²) in [6.07, 6.45) is 1.82. The molecule has 1 aromatic carbocycles. The van der Waals surface area contributed by atoms with E-state index in [0.29, 0.717) is 0 Å². The molecule has 0 spiro atoms. The highest BCUT2D eigenvalue weighted by Gasteiger charge is 2.07. The SMILES string of the molecule is Cc1n[nH]c(C)c1CNc1cccc2cccnc12. The van der Waals surface area contributed by atoms with Gasteiger partial charge in [0.05, 0.1) is 16.9 Å². The van der Waals surface area contributed by atoms with Gasteiger partial charge in [0.2, 0.25) is 0 Å². The van der Waals surface area contributed by atoms with Crippen molar-refractivity contribution in [2.45, 2.75) is 20.4 Å². The number of nitrogens with zero attached hydrogens (tertiary/aromatic N) is 2. The molecule has 0 saturated heterocycles. The fraction of sp³-hybridized carbons (Fsp3) is 0.200. The summed E-state index contributed by atoms with van der Waals surface area (Å²) in [5, 5.41) is 11.8. The van der Waals surface area contributed by atoms with Crippen LogP contribution in [-0.4, -0.2) is 15.2 Å². The van der Waals surface area contributed by atoms with E-state index >= 15 is 0 Å². The van der Waals surface area contributed by atoms with Crippen LogP contribution in [0.2, 0.25) is 0 Å². The molecule has 0 atom stereocenters. The number of H-pyrrole nitrogens is 1. The Morgan fingerprint density at radius 1 is 1.16 bits per heavy atom. The van der Waals surface area contributed by atoms with Gasteiger partial charge < -0.3 is 5.32 Å². The molecule has 96 valence electrons. The van der Waals surface area contributed by atoms with E-state index < -0.39 is 0 Å². The van der Waals surface area contributed by atoms with E-state index in [2.05, 4.69) is 38.7 Å². The number of fused-ring (bicyclic) bond motifs is 1. The predicted molar refractivity (Wildman–Crippen MR) is 77.1 cm³/mol. The van der Waals surface area contributed by atoms with Crippen molar-refractivity contribution in [1.82, 2.24) is 15.2 Å². The molecule has 0 unspecified atom stereocenters. The molecule has 2 N–H and O–H groups in total. The van der Waals surface area contributed by atoms with E-state index in [-0.39, 0.29) is 0 Å². The number of aryl methyl sites for hydroxylation is 2. The molecule has 0 aliphatic carbocycles. The Labute approximate surface area is 111 Å². The molecule has 19 heavy (non-hydrogen) atoms. The molecule has 2 heterocycles. The van der Waals surface area contributed by atoms with Crippen molar-refractivity contribution in [3.8, 4) is 0 Å². The molecule has 0 aliphatic heterocycles. The lowest BCUT2D eigenvalue weighted by Gasteiger charge is -2.09. The van der Waals surface area contributed by atoms with Crippen LogP contribution in [0.4, 0.5) is 5.69 Å².